The molecule has 1 fully saturated rings. The molecule has 0 aliphatic carbocycles. The van der Waals surface area contributed by atoms with E-state index in [1.165, 1.54) is 0 Å². The van der Waals surface area contributed by atoms with Crippen molar-refractivity contribution in [3.8, 4) is 0 Å². The van der Waals surface area contributed by atoms with Crippen molar-refractivity contribution in [3.63, 3.8) is 0 Å². The number of ether oxygens (including phenoxy) is 1. The first kappa shape index (κ1) is 13.4. The SMILES string of the molecule is CCC1(CC)CC(n2nnnc2C(C)N)CCO1. The van der Waals surface area contributed by atoms with Crippen LogP contribution in [0.5, 0.6) is 0 Å². The summed E-state index contributed by atoms with van der Waals surface area (Å²) >= 11 is 0. The molecular weight excluding hydrogens is 230 g/mol. The van der Waals surface area contributed by atoms with Gasteiger partial charge in [0.1, 0.15) is 0 Å². The molecule has 0 radical (unpaired) electrons. The number of nitrogens with zero attached hydrogens (tertiary/aromatic N) is 4. The monoisotopic (exact) mass is 253 g/mol. The largest absolute Gasteiger partial charge is 0.375 e. The van der Waals surface area contributed by atoms with E-state index in [-0.39, 0.29) is 11.6 Å². The average Bonchev–Trinajstić information content (AvgIpc) is 2.88. The van der Waals surface area contributed by atoms with E-state index in [0.717, 1.165) is 38.1 Å². The Morgan fingerprint density at radius 2 is 2.22 bits per heavy atom. The Hall–Kier alpha value is -1.01. The lowest BCUT2D eigenvalue weighted by atomic mass is 9.86. The minimum atomic E-state index is -0.138. The van der Waals surface area contributed by atoms with Crippen LogP contribution in [0, 0.1) is 0 Å². The number of hydrogen-bond acceptors (Lipinski definition) is 5. The standard InChI is InChI=1S/C12H23N5O/c1-4-12(5-2)8-10(6-7-18-12)17-11(9(3)13)14-15-16-17/h9-10H,4-8,13H2,1-3H3. The van der Waals surface area contributed by atoms with Gasteiger partial charge in [-0.25, -0.2) is 4.68 Å². The van der Waals surface area contributed by atoms with Gasteiger partial charge in [0.15, 0.2) is 5.82 Å². The summed E-state index contributed by atoms with van der Waals surface area (Å²) in [6, 6.07) is 0.162. The quantitative estimate of drug-likeness (QED) is 0.881. The van der Waals surface area contributed by atoms with Gasteiger partial charge in [0.25, 0.3) is 0 Å². The van der Waals surface area contributed by atoms with Gasteiger partial charge in [-0.05, 0) is 43.0 Å². The lowest BCUT2D eigenvalue weighted by molar-refractivity contribution is -0.101. The zero-order chi connectivity index (χ0) is 13.2. The maximum Gasteiger partial charge on any atom is 0.167 e. The smallest absolute Gasteiger partial charge is 0.167 e. The minimum absolute atomic E-state index is 0.0238. The predicted octanol–water partition coefficient (Wildman–Crippen LogP) is 1.60. The van der Waals surface area contributed by atoms with Gasteiger partial charge in [0.2, 0.25) is 0 Å². The van der Waals surface area contributed by atoms with Crippen molar-refractivity contribution in [1.82, 2.24) is 20.2 Å². The molecule has 0 saturated carbocycles. The van der Waals surface area contributed by atoms with Gasteiger partial charge in [-0.15, -0.1) is 5.10 Å². The summed E-state index contributed by atoms with van der Waals surface area (Å²) < 4.78 is 7.88. The van der Waals surface area contributed by atoms with Crippen LogP contribution in [-0.2, 0) is 4.74 Å². The Labute approximate surface area is 108 Å². The van der Waals surface area contributed by atoms with Crippen LogP contribution >= 0.6 is 0 Å². The van der Waals surface area contributed by atoms with Crippen LogP contribution in [0.1, 0.15) is 64.4 Å². The molecule has 1 aromatic rings. The highest BCUT2D eigenvalue weighted by Crippen LogP contribution is 2.37. The second kappa shape index (κ2) is 5.32. The fourth-order valence-electron chi connectivity index (χ4n) is 2.71. The Morgan fingerprint density at radius 3 is 2.83 bits per heavy atom. The summed E-state index contributed by atoms with van der Waals surface area (Å²) in [4.78, 5) is 0. The van der Waals surface area contributed by atoms with Crippen LogP contribution in [0.2, 0.25) is 0 Å². The summed E-state index contributed by atoms with van der Waals surface area (Å²) in [5, 5.41) is 11.9. The molecule has 0 amide bonds. The Kier molecular flexibility index (Phi) is 3.97. The third kappa shape index (κ3) is 2.40. The van der Waals surface area contributed by atoms with Crippen molar-refractivity contribution in [2.24, 2.45) is 5.73 Å². The molecule has 6 nitrogen and oxygen atoms in total. The molecule has 2 atom stereocenters. The number of hydrogen-bond donors (Lipinski definition) is 1. The number of aromatic nitrogens is 4. The molecule has 2 unspecified atom stereocenters. The van der Waals surface area contributed by atoms with Gasteiger partial charge in [-0.3, -0.25) is 0 Å². The molecule has 1 saturated heterocycles. The van der Waals surface area contributed by atoms with Crippen molar-refractivity contribution >= 4 is 0 Å². The topological polar surface area (TPSA) is 78.9 Å². The third-order valence-electron chi connectivity index (χ3n) is 4.03. The van der Waals surface area contributed by atoms with Gasteiger partial charge in [0.05, 0.1) is 17.7 Å². The van der Waals surface area contributed by atoms with E-state index in [1.54, 1.807) is 0 Å². The van der Waals surface area contributed by atoms with E-state index in [2.05, 4.69) is 29.4 Å². The van der Waals surface area contributed by atoms with E-state index in [0.29, 0.717) is 6.04 Å². The van der Waals surface area contributed by atoms with Crippen LogP contribution in [-0.4, -0.2) is 32.4 Å². The van der Waals surface area contributed by atoms with Crippen LogP contribution in [0.15, 0.2) is 0 Å². The fourth-order valence-corrected chi connectivity index (χ4v) is 2.71. The predicted molar refractivity (Wildman–Crippen MR) is 68.0 cm³/mol. The highest BCUT2D eigenvalue weighted by Gasteiger charge is 2.36. The molecule has 1 aliphatic heterocycles. The lowest BCUT2D eigenvalue weighted by Crippen LogP contribution is -2.40. The summed E-state index contributed by atoms with van der Waals surface area (Å²) in [5.74, 6) is 0.767. The molecule has 0 aromatic carbocycles. The number of rotatable bonds is 4. The van der Waals surface area contributed by atoms with Crippen molar-refractivity contribution in [2.45, 2.75) is 64.1 Å². The van der Waals surface area contributed by atoms with Crippen LogP contribution in [0.25, 0.3) is 0 Å². The molecule has 1 aliphatic rings. The van der Waals surface area contributed by atoms with Gasteiger partial charge >= 0.3 is 0 Å². The van der Waals surface area contributed by atoms with Crippen LogP contribution in [0.3, 0.4) is 0 Å². The second-order valence-corrected chi connectivity index (χ2v) is 5.16. The third-order valence-corrected chi connectivity index (χ3v) is 4.03. The number of nitrogens with two attached hydrogens (primary N) is 1. The van der Waals surface area contributed by atoms with Crippen molar-refractivity contribution < 1.29 is 4.74 Å². The normalized spacial score (nSPS) is 25.0. The Morgan fingerprint density at radius 1 is 1.50 bits per heavy atom. The summed E-state index contributed by atoms with van der Waals surface area (Å²) in [6.07, 6.45) is 3.96. The molecule has 102 valence electrons. The molecule has 6 heteroatoms. The van der Waals surface area contributed by atoms with Gasteiger partial charge in [-0.1, -0.05) is 13.8 Å². The minimum Gasteiger partial charge on any atom is -0.375 e. The fraction of sp³-hybridized carbons (Fsp3) is 0.917. The molecule has 0 spiro atoms. The van der Waals surface area contributed by atoms with E-state index in [1.807, 2.05) is 11.6 Å². The summed E-state index contributed by atoms with van der Waals surface area (Å²) in [6.45, 7) is 7.04. The van der Waals surface area contributed by atoms with Gasteiger partial charge in [-0.2, -0.15) is 0 Å². The van der Waals surface area contributed by atoms with Crippen molar-refractivity contribution in [3.05, 3.63) is 5.82 Å². The highest BCUT2D eigenvalue weighted by atomic mass is 16.5. The lowest BCUT2D eigenvalue weighted by Gasteiger charge is -2.40. The zero-order valence-corrected chi connectivity index (χ0v) is 11.5. The Bertz CT molecular complexity index is 386. The maximum absolute atomic E-state index is 5.98. The van der Waals surface area contributed by atoms with E-state index in [4.69, 9.17) is 10.5 Å². The van der Waals surface area contributed by atoms with E-state index >= 15 is 0 Å². The molecule has 2 heterocycles. The molecule has 18 heavy (non-hydrogen) atoms. The number of tetrazole rings is 1. The maximum atomic E-state index is 5.98. The van der Waals surface area contributed by atoms with Gasteiger partial charge < -0.3 is 10.5 Å². The van der Waals surface area contributed by atoms with Crippen molar-refractivity contribution in [1.29, 1.82) is 0 Å². The summed E-state index contributed by atoms with van der Waals surface area (Å²) in [7, 11) is 0. The van der Waals surface area contributed by atoms with Crippen LogP contribution in [0.4, 0.5) is 0 Å². The molecule has 1 aromatic heterocycles. The van der Waals surface area contributed by atoms with E-state index in [9.17, 15) is 0 Å². The highest BCUT2D eigenvalue weighted by molar-refractivity contribution is 4.94. The molecule has 2 N–H and O–H groups in total. The average molecular weight is 253 g/mol. The molecule has 2 rings (SSSR count). The molecule has 0 bridgehead atoms. The zero-order valence-electron chi connectivity index (χ0n) is 11.5. The Balaban J connectivity index is 2.20. The second-order valence-electron chi connectivity index (χ2n) is 5.16. The van der Waals surface area contributed by atoms with E-state index < -0.39 is 0 Å². The first-order valence-corrected chi connectivity index (χ1v) is 6.79. The first-order valence-electron chi connectivity index (χ1n) is 6.79. The van der Waals surface area contributed by atoms with Gasteiger partial charge in [0, 0.05) is 6.61 Å². The molecular formula is C12H23N5O. The first-order chi connectivity index (χ1) is 8.62. The van der Waals surface area contributed by atoms with Crippen LogP contribution < -0.4 is 5.73 Å². The summed E-state index contributed by atoms with van der Waals surface area (Å²) in [5.41, 5.74) is 5.88. The van der Waals surface area contributed by atoms with Crippen molar-refractivity contribution in [2.75, 3.05) is 6.61 Å².